The van der Waals surface area contributed by atoms with Crippen molar-refractivity contribution < 1.29 is 19.2 Å². The van der Waals surface area contributed by atoms with E-state index in [0.29, 0.717) is 16.5 Å². The molecule has 0 saturated carbocycles. The Morgan fingerprint density at radius 1 is 1.03 bits per heavy atom. The number of amides is 2. The predicted molar refractivity (Wildman–Crippen MR) is 113 cm³/mol. The van der Waals surface area contributed by atoms with E-state index in [1.54, 1.807) is 18.2 Å². The highest BCUT2D eigenvalue weighted by molar-refractivity contribution is 6.33. The maximum absolute atomic E-state index is 13.2. The number of piperazine rings is 1. The van der Waals surface area contributed by atoms with Gasteiger partial charge in [0.25, 0.3) is 5.91 Å². The van der Waals surface area contributed by atoms with Crippen LogP contribution in [0.2, 0.25) is 10.0 Å². The summed E-state index contributed by atoms with van der Waals surface area (Å²) in [4.78, 5) is 30.4. The first-order chi connectivity index (χ1) is 14.0. The van der Waals surface area contributed by atoms with Gasteiger partial charge in [-0.25, -0.2) is 4.90 Å². The highest BCUT2D eigenvalue weighted by atomic mass is 35.5. The molecule has 6 nitrogen and oxygen atoms in total. The molecule has 2 fully saturated rings. The molecule has 4 rings (SSSR count). The van der Waals surface area contributed by atoms with Gasteiger partial charge in [0, 0.05) is 5.02 Å². The molecule has 0 unspecified atom stereocenters. The van der Waals surface area contributed by atoms with Gasteiger partial charge < -0.3 is 14.5 Å². The molecule has 0 spiro atoms. The van der Waals surface area contributed by atoms with Crippen molar-refractivity contribution >= 4 is 46.4 Å². The van der Waals surface area contributed by atoms with E-state index >= 15 is 0 Å². The van der Waals surface area contributed by atoms with Gasteiger partial charge in [-0.1, -0.05) is 35.3 Å². The molecule has 29 heavy (non-hydrogen) atoms. The number of para-hydroxylation sites is 1. The largest absolute Gasteiger partial charge is 0.495 e. The van der Waals surface area contributed by atoms with Crippen LogP contribution >= 0.6 is 23.2 Å². The van der Waals surface area contributed by atoms with Crippen molar-refractivity contribution in [2.75, 3.05) is 43.1 Å². The summed E-state index contributed by atoms with van der Waals surface area (Å²) >= 11 is 12.4. The van der Waals surface area contributed by atoms with E-state index in [-0.39, 0.29) is 24.3 Å². The van der Waals surface area contributed by atoms with Crippen LogP contribution in [0.5, 0.6) is 5.75 Å². The number of imide groups is 1. The number of methoxy groups -OCH3 is 1. The molecule has 2 aromatic rings. The number of rotatable bonds is 4. The molecular formula is C21H22Cl2N3O3+. The number of carbonyl (C=O) groups is 2. The minimum atomic E-state index is -0.389. The van der Waals surface area contributed by atoms with Gasteiger partial charge >= 0.3 is 0 Å². The van der Waals surface area contributed by atoms with Gasteiger partial charge in [0.05, 0.1) is 56.1 Å². The quantitative estimate of drug-likeness (QED) is 0.748. The number of halogens is 2. The van der Waals surface area contributed by atoms with Crippen molar-refractivity contribution in [3.8, 4) is 5.75 Å². The number of benzene rings is 2. The van der Waals surface area contributed by atoms with Gasteiger partial charge in [0.15, 0.2) is 6.04 Å². The summed E-state index contributed by atoms with van der Waals surface area (Å²) in [5, 5.41) is 1.17. The molecule has 2 amide bonds. The Morgan fingerprint density at radius 3 is 2.45 bits per heavy atom. The average molecular weight is 435 g/mol. The van der Waals surface area contributed by atoms with Crippen LogP contribution in [0.3, 0.4) is 0 Å². The monoisotopic (exact) mass is 434 g/mol. The Labute approximate surface area is 179 Å². The van der Waals surface area contributed by atoms with Crippen LogP contribution in [0.1, 0.15) is 6.42 Å². The normalized spacial score (nSPS) is 20.4. The number of hydrogen-bond acceptors (Lipinski definition) is 4. The van der Waals surface area contributed by atoms with E-state index in [0.717, 1.165) is 41.8 Å². The lowest BCUT2D eigenvalue weighted by atomic mass is 10.1. The molecule has 2 aliphatic heterocycles. The molecular weight excluding hydrogens is 413 g/mol. The molecule has 2 aromatic carbocycles. The van der Waals surface area contributed by atoms with Gasteiger partial charge in [-0.2, -0.15) is 0 Å². The topological polar surface area (TPSA) is 54.3 Å². The number of nitrogens with one attached hydrogen (secondary N) is 1. The molecule has 0 radical (unpaired) electrons. The average Bonchev–Trinajstić information content (AvgIpc) is 3.02. The first-order valence-corrected chi connectivity index (χ1v) is 10.3. The van der Waals surface area contributed by atoms with Crippen molar-refractivity contribution in [1.29, 1.82) is 0 Å². The Balaban J connectivity index is 1.49. The van der Waals surface area contributed by atoms with Crippen molar-refractivity contribution in [3.05, 3.63) is 52.5 Å². The zero-order valence-corrected chi connectivity index (χ0v) is 17.5. The van der Waals surface area contributed by atoms with Gasteiger partial charge in [-0.05, 0) is 30.3 Å². The molecule has 2 saturated heterocycles. The first kappa shape index (κ1) is 20.0. The number of hydrogen-bond donors (Lipinski definition) is 1. The van der Waals surface area contributed by atoms with Crippen LogP contribution in [0, 0.1) is 0 Å². The number of nitrogens with zero attached hydrogens (tertiary/aromatic N) is 2. The molecule has 0 bridgehead atoms. The summed E-state index contributed by atoms with van der Waals surface area (Å²) in [6.45, 7) is 3.07. The minimum Gasteiger partial charge on any atom is -0.495 e. The molecule has 2 aliphatic rings. The lowest BCUT2D eigenvalue weighted by molar-refractivity contribution is -0.915. The third kappa shape index (κ3) is 3.80. The minimum absolute atomic E-state index is 0.190. The second-order valence-electron chi connectivity index (χ2n) is 7.24. The summed E-state index contributed by atoms with van der Waals surface area (Å²) in [5.74, 6) is 0.0358. The lowest BCUT2D eigenvalue weighted by Gasteiger charge is -2.36. The summed E-state index contributed by atoms with van der Waals surface area (Å²) in [6.07, 6.45) is 0.190. The van der Waals surface area contributed by atoms with Crippen LogP contribution in [-0.2, 0) is 9.59 Å². The standard InChI is InChI=1S/C21H21Cl2N3O3/c1-29-19-7-6-14(22)12-17(19)26-20(27)13-18(21(26)28)25-10-8-24(9-11-25)16-5-3-2-4-15(16)23/h2-7,12,18H,8-11,13H2,1H3/p+1/t18-/m1/s1. The third-order valence-electron chi connectivity index (χ3n) is 5.62. The van der Waals surface area contributed by atoms with Crippen LogP contribution < -0.4 is 19.4 Å². The number of anilines is 2. The first-order valence-electron chi connectivity index (χ1n) is 9.54. The van der Waals surface area contributed by atoms with Gasteiger partial charge in [-0.15, -0.1) is 0 Å². The lowest BCUT2D eigenvalue weighted by Crippen LogP contribution is -3.19. The molecule has 152 valence electrons. The van der Waals surface area contributed by atoms with E-state index in [9.17, 15) is 9.59 Å². The molecule has 1 N–H and O–H groups in total. The van der Waals surface area contributed by atoms with Gasteiger partial charge in [0.2, 0.25) is 5.91 Å². The SMILES string of the molecule is COc1ccc(Cl)cc1N1C(=O)C[C@@H]([NH+]2CCN(c3ccccc3Cl)CC2)C1=O. The van der Waals surface area contributed by atoms with Crippen LogP contribution in [-0.4, -0.2) is 51.1 Å². The zero-order chi connectivity index (χ0) is 20.5. The molecule has 0 aliphatic carbocycles. The fraction of sp³-hybridized carbons (Fsp3) is 0.333. The maximum Gasteiger partial charge on any atom is 0.292 e. The van der Waals surface area contributed by atoms with Gasteiger partial charge in [0.1, 0.15) is 5.75 Å². The summed E-state index contributed by atoms with van der Waals surface area (Å²) in [6, 6.07) is 12.3. The van der Waals surface area contributed by atoms with Crippen LogP contribution in [0.25, 0.3) is 0 Å². The number of ether oxygens (including phenoxy) is 1. The van der Waals surface area contributed by atoms with Crippen molar-refractivity contribution in [2.45, 2.75) is 12.5 Å². The van der Waals surface area contributed by atoms with Crippen molar-refractivity contribution in [2.24, 2.45) is 0 Å². The van der Waals surface area contributed by atoms with Crippen LogP contribution in [0.4, 0.5) is 11.4 Å². The predicted octanol–water partition coefficient (Wildman–Crippen LogP) is 2.04. The molecule has 0 aromatic heterocycles. The molecule has 2 heterocycles. The molecule has 1 atom stereocenters. The van der Waals surface area contributed by atoms with E-state index in [4.69, 9.17) is 27.9 Å². The smallest absolute Gasteiger partial charge is 0.292 e. The second-order valence-corrected chi connectivity index (χ2v) is 8.08. The summed E-state index contributed by atoms with van der Waals surface area (Å²) in [7, 11) is 1.51. The highest BCUT2D eigenvalue weighted by Gasteiger charge is 2.47. The Bertz CT molecular complexity index is 945. The third-order valence-corrected chi connectivity index (χ3v) is 6.17. The van der Waals surface area contributed by atoms with E-state index in [2.05, 4.69) is 4.90 Å². The summed E-state index contributed by atoms with van der Waals surface area (Å²) < 4.78 is 5.33. The fourth-order valence-corrected chi connectivity index (χ4v) is 4.55. The summed E-state index contributed by atoms with van der Waals surface area (Å²) in [5.41, 5.74) is 1.42. The Hall–Kier alpha value is -2.28. The number of carbonyl (C=O) groups excluding carboxylic acids is 2. The molecule has 8 heteroatoms. The highest BCUT2D eigenvalue weighted by Crippen LogP contribution is 2.34. The van der Waals surface area contributed by atoms with Gasteiger partial charge in [-0.3, -0.25) is 9.59 Å². The fourth-order valence-electron chi connectivity index (χ4n) is 4.13. The van der Waals surface area contributed by atoms with Crippen LogP contribution in [0.15, 0.2) is 42.5 Å². The van der Waals surface area contributed by atoms with Crippen molar-refractivity contribution in [3.63, 3.8) is 0 Å². The second kappa shape index (κ2) is 8.22. The Kier molecular flexibility index (Phi) is 5.67. The van der Waals surface area contributed by atoms with E-state index in [1.165, 1.54) is 12.0 Å². The zero-order valence-electron chi connectivity index (χ0n) is 16.0. The van der Waals surface area contributed by atoms with E-state index in [1.807, 2.05) is 24.3 Å². The maximum atomic E-state index is 13.2. The van der Waals surface area contributed by atoms with E-state index < -0.39 is 0 Å². The number of quaternary nitrogens is 1. The van der Waals surface area contributed by atoms with Crippen molar-refractivity contribution in [1.82, 2.24) is 0 Å². The Morgan fingerprint density at radius 2 is 1.76 bits per heavy atom.